The molecule has 8 heteroatoms. The first-order chi connectivity index (χ1) is 13.9. The van der Waals surface area contributed by atoms with Gasteiger partial charge in [0.25, 0.3) is 0 Å². The quantitative estimate of drug-likeness (QED) is 0.237. The van der Waals surface area contributed by atoms with Gasteiger partial charge in [0.15, 0.2) is 0 Å². The van der Waals surface area contributed by atoms with E-state index in [1.54, 1.807) is 12.1 Å². The molecule has 0 fully saturated rings. The van der Waals surface area contributed by atoms with E-state index in [4.69, 9.17) is 51.1 Å². The van der Waals surface area contributed by atoms with Gasteiger partial charge in [-0.2, -0.15) is 0 Å². The highest BCUT2D eigenvalue weighted by molar-refractivity contribution is 7.16. The maximum atomic E-state index is 12.0. The molecule has 2 aromatic carbocycles. The van der Waals surface area contributed by atoms with E-state index in [-0.39, 0.29) is 31.2 Å². The number of esters is 2. The molecule has 2 unspecified atom stereocenters. The van der Waals surface area contributed by atoms with Crippen LogP contribution < -0.4 is 0 Å². The van der Waals surface area contributed by atoms with Crippen molar-refractivity contribution in [2.24, 2.45) is 11.3 Å². The number of rotatable bonds is 4. The molecule has 2 atom stereocenters. The van der Waals surface area contributed by atoms with Crippen molar-refractivity contribution in [2.75, 3.05) is 6.16 Å². The summed E-state index contributed by atoms with van der Waals surface area (Å²) in [6, 6.07) is 8.95. The maximum absolute atomic E-state index is 12.0. The lowest BCUT2D eigenvalue weighted by molar-refractivity contribution is 0.0398. The van der Waals surface area contributed by atoms with Crippen LogP contribution >= 0.6 is 55.6 Å². The summed E-state index contributed by atoms with van der Waals surface area (Å²) >= 11 is 23.5. The fourth-order valence-corrected chi connectivity index (χ4v) is 3.97. The fraction of sp³-hybridized carbons (Fsp3) is 0.364. The van der Waals surface area contributed by atoms with Crippen LogP contribution in [-0.2, 0) is 4.74 Å². The molecule has 0 radical (unpaired) electrons. The smallest absolute Gasteiger partial charge is 0.349 e. The number of carbonyl (C=O) groups is 2. The molecule has 0 bridgehead atoms. The minimum absolute atomic E-state index is 0.0746. The van der Waals surface area contributed by atoms with Crippen molar-refractivity contribution in [1.82, 2.24) is 0 Å². The molecule has 0 spiro atoms. The molecule has 0 amide bonds. The molecule has 0 aliphatic heterocycles. The van der Waals surface area contributed by atoms with Gasteiger partial charge in [-0.25, -0.2) is 9.59 Å². The highest BCUT2D eigenvalue weighted by Gasteiger charge is 2.23. The van der Waals surface area contributed by atoms with E-state index in [0.29, 0.717) is 5.41 Å². The Hall–Kier alpha value is -0.830. The molecule has 2 rings (SSSR count). The molecule has 164 valence electrons. The van der Waals surface area contributed by atoms with E-state index in [2.05, 4.69) is 36.9 Å². The lowest BCUT2D eigenvalue weighted by Gasteiger charge is -2.21. The van der Waals surface area contributed by atoms with Gasteiger partial charge in [0.05, 0.1) is 31.2 Å². The van der Waals surface area contributed by atoms with Gasteiger partial charge in [0.1, 0.15) is 0 Å². The van der Waals surface area contributed by atoms with Crippen molar-refractivity contribution in [2.45, 2.75) is 34.1 Å². The van der Waals surface area contributed by atoms with Crippen molar-refractivity contribution in [1.29, 1.82) is 0 Å². The third-order valence-electron chi connectivity index (χ3n) is 3.88. The first-order valence-electron chi connectivity index (χ1n) is 9.22. The molecule has 0 aromatic heterocycles. The molecular formula is C22H25Cl4O3P. The highest BCUT2D eigenvalue weighted by atomic mass is 35.5. The normalized spacial score (nSPS) is 11.9. The van der Waals surface area contributed by atoms with Gasteiger partial charge in [-0.15, -0.1) is 9.24 Å². The number of carbonyl (C=O) groups excluding carboxylic acids is 2. The van der Waals surface area contributed by atoms with Crippen molar-refractivity contribution < 1.29 is 14.3 Å². The monoisotopic (exact) mass is 508 g/mol. The fourth-order valence-electron chi connectivity index (χ4n) is 2.70. The summed E-state index contributed by atoms with van der Waals surface area (Å²) in [6.45, 7) is 9.19. The summed E-state index contributed by atoms with van der Waals surface area (Å²) in [7, 11) is 2.80. The number of halogens is 4. The Morgan fingerprint density at radius 1 is 0.867 bits per heavy atom. The summed E-state index contributed by atoms with van der Waals surface area (Å²) in [5.41, 5.74) is 0.311. The molecule has 0 saturated heterocycles. The third kappa shape index (κ3) is 8.73. The number of ether oxygens (including phenoxy) is 1. The SMILES string of the molecule is CC(CP)CC(C)(C)C.O=C(OC(=O)c1c(Cl)cccc1Cl)c1c(Cl)cccc1Cl. The Balaban J connectivity index is 0.000000424. The maximum Gasteiger partial charge on any atom is 0.349 e. The average Bonchev–Trinajstić information content (AvgIpc) is 2.60. The lowest BCUT2D eigenvalue weighted by atomic mass is 9.86. The van der Waals surface area contributed by atoms with Crippen LogP contribution in [0.3, 0.4) is 0 Å². The van der Waals surface area contributed by atoms with Crippen LogP contribution in [0, 0.1) is 11.3 Å². The van der Waals surface area contributed by atoms with Crippen molar-refractivity contribution in [3.05, 3.63) is 67.6 Å². The zero-order valence-corrected chi connectivity index (χ0v) is 21.4. The van der Waals surface area contributed by atoms with Gasteiger partial charge >= 0.3 is 11.9 Å². The molecule has 30 heavy (non-hydrogen) atoms. The molecule has 0 aliphatic rings. The number of benzene rings is 2. The molecule has 0 heterocycles. The van der Waals surface area contributed by atoms with Crippen LogP contribution in [0.5, 0.6) is 0 Å². The first-order valence-corrected chi connectivity index (χ1v) is 11.5. The van der Waals surface area contributed by atoms with Gasteiger partial charge in [0, 0.05) is 0 Å². The Labute approximate surface area is 200 Å². The summed E-state index contributed by atoms with van der Waals surface area (Å²) in [5.74, 6) is -1.10. The summed E-state index contributed by atoms with van der Waals surface area (Å²) in [4.78, 5) is 24.0. The van der Waals surface area contributed by atoms with E-state index in [1.165, 1.54) is 36.8 Å². The lowest BCUT2D eigenvalue weighted by Crippen LogP contribution is -2.14. The Kier molecular flexibility index (Phi) is 11.1. The zero-order chi connectivity index (χ0) is 23.1. The summed E-state index contributed by atoms with van der Waals surface area (Å²) in [5, 5.41) is 0.298. The van der Waals surface area contributed by atoms with Gasteiger partial charge < -0.3 is 4.74 Å². The van der Waals surface area contributed by atoms with Crippen molar-refractivity contribution in [3.63, 3.8) is 0 Å². The van der Waals surface area contributed by atoms with Gasteiger partial charge in [-0.3, -0.25) is 0 Å². The molecule has 0 N–H and O–H groups in total. The van der Waals surface area contributed by atoms with E-state index < -0.39 is 11.9 Å². The van der Waals surface area contributed by atoms with E-state index >= 15 is 0 Å². The number of hydrogen-bond acceptors (Lipinski definition) is 3. The third-order valence-corrected chi connectivity index (χ3v) is 5.95. The Morgan fingerprint density at radius 2 is 1.20 bits per heavy atom. The largest absolute Gasteiger partial charge is 0.386 e. The average molecular weight is 510 g/mol. The standard InChI is InChI=1S/C14H6Cl4O3.C8H19P/c15-7-3-1-4-8(16)11(7)13(19)21-14(20)12-9(17)5-2-6-10(12)18;1-7(6-9)5-8(2,3)4/h1-6H;7H,5-6,9H2,1-4H3. The molecule has 2 aromatic rings. The predicted molar refractivity (Wildman–Crippen MR) is 130 cm³/mol. The molecule has 3 nitrogen and oxygen atoms in total. The molecular weight excluding hydrogens is 485 g/mol. The summed E-state index contributed by atoms with van der Waals surface area (Å²) < 4.78 is 4.73. The van der Waals surface area contributed by atoms with Gasteiger partial charge in [0.2, 0.25) is 0 Å². The van der Waals surface area contributed by atoms with Crippen molar-refractivity contribution >= 4 is 67.6 Å². The van der Waals surface area contributed by atoms with Crippen LogP contribution in [0.15, 0.2) is 36.4 Å². The van der Waals surface area contributed by atoms with Crippen LogP contribution in [-0.4, -0.2) is 18.1 Å². The number of hydrogen-bond donors (Lipinski definition) is 0. The summed E-state index contributed by atoms with van der Waals surface area (Å²) in [6.07, 6.45) is 2.56. The minimum Gasteiger partial charge on any atom is -0.386 e. The molecule has 0 saturated carbocycles. The van der Waals surface area contributed by atoms with E-state index in [9.17, 15) is 9.59 Å². The predicted octanol–water partition coefficient (Wildman–Crippen LogP) is 8.23. The second-order valence-corrected chi connectivity index (χ2v) is 10.1. The van der Waals surface area contributed by atoms with Crippen molar-refractivity contribution in [3.8, 4) is 0 Å². The first kappa shape index (κ1) is 27.2. The van der Waals surface area contributed by atoms with E-state index in [0.717, 1.165) is 5.92 Å². The van der Waals surface area contributed by atoms with Crippen LogP contribution in [0.25, 0.3) is 0 Å². The van der Waals surface area contributed by atoms with Gasteiger partial charge in [-0.1, -0.05) is 86.2 Å². The second-order valence-electron chi connectivity index (χ2n) is 7.98. The van der Waals surface area contributed by atoms with Crippen LogP contribution in [0.1, 0.15) is 54.8 Å². The topological polar surface area (TPSA) is 43.4 Å². The van der Waals surface area contributed by atoms with E-state index in [1.807, 2.05) is 0 Å². The van der Waals surface area contributed by atoms with Crippen LogP contribution in [0.2, 0.25) is 20.1 Å². The Bertz CT molecular complexity index is 792. The minimum atomic E-state index is -0.980. The Morgan fingerprint density at radius 3 is 1.43 bits per heavy atom. The molecule has 0 aliphatic carbocycles. The van der Waals surface area contributed by atoms with Crippen LogP contribution in [0.4, 0.5) is 0 Å². The van der Waals surface area contributed by atoms with Gasteiger partial charge in [-0.05, 0) is 48.2 Å². The highest BCUT2D eigenvalue weighted by Crippen LogP contribution is 2.28. The zero-order valence-electron chi connectivity index (χ0n) is 17.3. The second kappa shape index (κ2) is 12.3.